The summed E-state index contributed by atoms with van der Waals surface area (Å²) in [5.74, 6) is -1.97. The van der Waals surface area contributed by atoms with Crippen LogP contribution in [0, 0.1) is 0 Å². The Labute approximate surface area is 137 Å². The molecule has 1 aliphatic carbocycles. The Balaban J connectivity index is 1.57. The van der Waals surface area contributed by atoms with Gasteiger partial charge in [0, 0.05) is 5.92 Å². The standard InChI is InChI=1S/C17H14N2O5/c20-15-11-7-3-4-8-12(11)16(21)19(15)24-17(22)13-9-23-18-14(13)10-5-1-2-6-10/h3-4,7-10H,1-2,5-6H2. The van der Waals surface area contributed by atoms with E-state index in [1.54, 1.807) is 12.1 Å². The van der Waals surface area contributed by atoms with Crippen LogP contribution in [0.1, 0.15) is 68.4 Å². The minimum atomic E-state index is -0.812. The Bertz CT molecular complexity index is 800. The van der Waals surface area contributed by atoms with Gasteiger partial charge in [-0.2, -0.15) is 0 Å². The van der Waals surface area contributed by atoms with Crippen molar-refractivity contribution >= 4 is 17.8 Å². The lowest BCUT2D eigenvalue weighted by Crippen LogP contribution is -2.32. The molecule has 2 heterocycles. The Morgan fingerprint density at radius 3 is 2.38 bits per heavy atom. The average molecular weight is 326 g/mol. The van der Waals surface area contributed by atoms with Gasteiger partial charge >= 0.3 is 5.97 Å². The van der Waals surface area contributed by atoms with Gasteiger partial charge in [0.2, 0.25) is 0 Å². The van der Waals surface area contributed by atoms with Gasteiger partial charge in [0.1, 0.15) is 17.5 Å². The van der Waals surface area contributed by atoms with Crippen LogP contribution < -0.4 is 0 Å². The quantitative estimate of drug-likeness (QED) is 0.806. The largest absolute Gasteiger partial charge is 0.369 e. The molecule has 7 nitrogen and oxygen atoms in total. The molecule has 2 aromatic rings. The molecule has 0 bridgehead atoms. The van der Waals surface area contributed by atoms with Crippen LogP contribution in [0.25, 0.3) is 0 Å². The predicted octanol–water partition coefficient (Wildman–Crippen LogP) is 2.70. The number of hydroxylamine groups is 2. The molecule has 1 aliphatic heterocycles. The summed E-state index contributed by atoms with van der Waals surface area (Å²) in [5, 5.41) is 4.41. The Morgan fingerprint density at radius 1 is 1.12 bits per heavy atom. The first-order chi connectivity index (χ1) is 11.7. The van der Waals surface area contributed by atoms with E-state index < -0.39 is 17.8 Å². The molecule has 0 spiro atoms. The third-order valence-electron chi connectivity index (χ3n) is 4.49. The van der Waals surface area contributed by atoms with Crippen molar-refractivity contribution in [2.24, 2.45) is 0 Å². The Kier molecular flexibility index (Phi) is 3.41. The lowest BCUT2D eigenvalue weighted by Gasteiger charge is -2.13. The minimum absolute atomic E-state index is 0.147. The number of hydrogen-bond acceptors (Lipinski definition) is 6. The zero-order valence-corrected chi connectivity index (χ0v) is 12.7. The van der Waals surface area contributed by atoms with E-state index >= 15 is 0 Å². The molecule has 1 aromatic heterocycles. The van der Waals surface area contributed by atoms with Crippen LogP contribution in [0.4, 0.5) is 0 Å². The number of imide groups is 1. The summed E-state index contributed by atoms with van der Waals surface area (Å²) in [6.45, 7) is 0. The number of fused-ring (bicyclic) bond motifs is 1. The van der Waals surface area contributed by atoms with Crippen LogP contribution in [-0.4, -0.2) is 28.0 Å². The molecule has 0 unspecified atom stereocenters. The topological polar surface area (TPSA) is 89.7 Å². The maximum atomic E-state index is 12.4. The van der Waals surface area contributed by atoms with Crippen LogP contribution in [0.2, 0.25) is 0 Å². The molecule has 1 saturated carbocycles. The van der Waals surface area contributed by atoms with Gasteiger partial charge in [0.15, 0.2) is 0 Å². The number of nitrogens with zero attached hydrogens (tertiary/aromatic N) is 2. The average Bonchev–Trinajstić information content (AvgIpc) is 3.31. The van der Waals surface area contributed by atoms with Gasteiger partial charge in [0.25, 0.3) is 11.8 Å². The number of benzene rings is 1. The van der Waals surface area contributed by atoms with Crippen molar-refractivity contribution in [1.82, 2.24) is 10.2 Å². The maximum Gasteiger partial charge on any atom is 0.369 e. The zero-order chi connectivity index (χ0) is 16.7. The van der Waals surface area contributed by atoms with E-state index in [9.17, 15) is 14.4 Å². The Hall–Kier alpha value is -2.96. The number of amides is 2. The molecule has 7 heteroatoms. The molecule has 0 radical (unpaired) electrons. The number of hydrogen-bond donors (Lipinski definition) is 0. The summed E-state index contributed by atoms with van der Waals surface area (Å²) in [6, 6.07) is 6.33. The first kappa shape index (κ1) is 14.6. The molecule has 0 saturated heterocycles. The second-order valence-electron chi connectivity index (χ2n) is 5.92. The molecule has 4 rings (SSSR count). The summed E-state index contributed by atoms with van der Waals surface area (Å²) in [7, 11) is 0. The van der Waals surface area contributed by atoms with Gasteiger partial charge in [-0.3, -0.25) is 9.59 Å². The van der Waals surface area contributed by atoms with Crippen molar-refractivity contribution in [3.8, 4) is 0 Å². The minimum Gasteiger partial charge on any atom is -0.364 e. The van der Waals surface area contributed by atoms with E-state index in [1.165, 1.54) is 18.4 Å². The number of rotatable bonds is 3. The monoisotopic (exact) mass is 326 g/mol. The number of carbonyl (C=O) groups excluding carboxylic acids is 3. The van der Waals surface area contributed by atoms with Gasteiger partial charge in [-0.1, -0.05) is 35.2 Å². The summed E-state index contributed by atoms with van der Waals surface area (Å²) in [5.41, 5.74) is 1.14. The first-order valence-corrected chi connectivity index (χ1v) is 7.81. The first-order valence-electron chi connectivity index (χ1n) is 7.81. The predicted molar refractivity (Wildman–Crippen MR) is 80.1 cm³/mol. The third kappa shape index (κ3) is 2.20. The van der Waals surface area contributed by atoms with Gasteiger partial charge in [-0.25, -0.2) is 4.79 Å². The Morgan fingerprint density at radius 2 is 1.75 bits per heavy atom. The molecule has 2 aliphatic rings. The molecule has 0 N–H and O–H groups in total. The zero-order valence-electron chi connectivity index (χ0n) is 12.7. The molecule has 1 aromatic carbocycles. The normalized spacial score (nSPS) is 17.4. The van der Waals surface area contributed by atoms with E-state index in [1.807, 2.05) is 0 Å². The molecule has 24 heavy (non-hydrogen) atoms. The van der Waals surface area contributed by atoms with Crippen molar-refractivity contribution in [1.29, 1.82) is 0 Å². The van der Waals surface area contributed by atoms with Crippen molar-refractivity contribution in [2.45, 2.75) is 31.6 Å². The molecule has 0 atom stereocenters. The molecule has 1 fully saturated rings. The van der Waals surface area contributed by atoms with Gasteiger partial charge in [-0.05, 0) is 25.0 Å². The third-order valence-corrected chi connectivity index (χ3v) is 4.49. The number of carbonyl (C=O) groups is 3. The summed E-state index contributed by atoms with van der Waals surface area (Å²) in [6.07, 6.45) is 5.21. The van der Waals surface area contributed by atoms with Crippen molar-refractivity contribution < 1.29 is 23.7 Å². The van der Waals surface area contributed by atoms with Crippen LogP contribution >= 0.6 is 0 Å². The van der Waals surface area contributed by atoms with Crippen molar-refractivity contribution in [3.05, 3.63) is 52.9 Å². The maximum absolute atomic E-state index is 12.4. The molecular weight excluding hydrogens is 312 g/mol. The smallest absolute Gasteiger partial charge is 0.364 e. The van der Waals surface area contributed by atoms with Crippen LogP contribution in [-0.2, 0) is 4.84 Å². The summed E-state index contributed by atoms with van der Waals surface area (Å²) >= 11 is 0. The van der Waals surface area contributed by atoms with Crippen LogP contribution in [0.5, 0.6) is 0 Å². The fourth-order valence-electron chi connectivity index (χ4n) is 3.27. The summed E-state index contributed by atoms with van der Waals surface area (Å²) < 4.78 is 4.92. The lowest BCUT2D eigenvalue weighted by molar-refractivity contribution is -0.0585. The second-order valence-corrected chi connectivity index (χ2v) is 5.92. The summed E-state index contributed by atoms with van der Waals surface area (Å²) in [4.78, 5) is 42.0. The van der Waals surface area contributed by atoms with Gasteiger partial charge < -0.3 is 9.36 Å². The second kappa shape index (κ2) is 5.59. The van der Waals surface area contributed by atoms with E-state index in [0.29, 0.717) is 10.8 Å². The highest BCUT2D eigenvalue weighted by atomic mass is 16.7. The van der Waals surface area contributed by atoms with Gasteiger partial charge in [-0.15, -0.1) is 0 Å². The SMILES string of the molecule is O=C(ON1C(=O)c2ccccc2C1=O)c1conc1C1CCCC1. The van der Waals surface area contributed by atoms with E-state index in [4.69, 9.17) is 9.36 Å². The van der Waals surface area contributed by atoms with Gasteiger partial charge in [0.05, 0.1) is 11.1 Å². The van der Waals surface area contributed by atoms with E-state index in [0.717, 1.165) is 25.7 Å². The van der Waals surface area contributed by atoms with Crippen molar-refractivity contribution in [2.75, 3.05) is 0 Å². The van der Waals surface area contributed by atoms with Crippen molar-refractivity contribution in [3.63, 3.8) is 0 Å². The number of aromatic nitrogens is 1. The highest BCUT2D eigenvalue weighted by Gasteiger charge is 2.39. The molecular formula is C17H14N2O5. The fourth-order valence-corrected chi connectivity index (χ4v) is 3.27. The van der Waals surface area contributed by atoms with E-state index in [2.05, 4.69) is 5.16 Å². The lowest BCUT2D eigenvalue weighted by atomic mass is 10.0. The highest BCUT2D eigenvalue weighted by Crippen LogP contribution is 2.35. The van der Waals surface area contributed by atoms with E-state index in [-0.39, 0.29) is 22.6 Å². The van der Waals surface area contributed by atoms with Crippen LogP contribution in [0.15, 0.2) is 35.1 Å². The molecule has 122 valence electrons. The fraction of sp³-hybridized carbons (Fsp3) is 0.294. The van der Waals surface area contributed by atoms with Crippen LogP contribution in [0.3, 0.4) is 0 Å². The highest BCUT2D eigenvalue weighted by molar-refractivity contribution is 6.21. The molecule has 2 amide bonds.